The van der Waals surface area contributed by atoms with Crippen molar-refractivity contribution >= 4 is 0 Å². The molecule has 0 radical (unpaired) electrons. The largest absolute Gasteiger partial charge is 0.380 e. The van der Waals surface area contributed by atoms with Crippen LogP contribution in [-0.4, -0.2) is 25.9 Å². The van der Waals surface area contributed by atoms with Crippen LogP contribution in [0.2, 0.25) is 0 Å². The molecule has 0 saturated carbocycles. The first-order valence-corrected chi connectivity index (χ1v) is 3.42. The molecular weight excluding hydrogens is 118 g/mol. The number of fused-ring (bicyclic) bond motifs is 1. The van der Waals surface area contributed by atoms with Gasteiger partial charge in [-0.25, -0.2) is 0 Å². The molecule has 0 aromatic carbocycles. The Balaban J connectivity index is 1.97. The van der Waals surface area contributed by atoms with Crippen molar-refractivity contribution in [3.63, 3.8) is 0 Å². The Kier molecular flexibility index (Phi) is 1.41. The summed E-state index contributed by atoms with van der Waals surface area (Å²) in [6, 6.07) is 0.471. The van der Waals surface area contributed by atoms with E-state index in [4.69, 9.17) is 9.57 Å². The predicted molar refractivity (Wildman–Crippen MR) is 31.8 cm³/mol. The Labute approximate surface area is 54.3 Å². The highest BCUT2D eigenvalue weighted by molar-refractivity contribution is 4.80. The van der Waals surface area contributed by atoms with Crippen LogP contribution >= 0.6 is 0 Å². The van der Waals surface area contributed by atoms with Crippen molar-refractivity contribution in [2.45, 2.75) is 12.5 Å². The number of hydrogen-bond acceptors (Lipinski definition) is 3. The van der Waals surface area contributed by atoms with E-state index >= 15 is 0 Å². The summed E-state index contributed by atoms with van der Waals surface area (Å²) < 4.78 is 5.24. The van der Waals surface area contributed by atoms with E-state index < -0.39 is 0 Å². The fourth-order valence-electron chi connectivity index (χ4n) is 1.37. The smallest absolute Gasteiger partial charge is 0.0727 e. The van der Waals surface area contributed by atoms with Gasteiger partial charge in [0.1, 0.15) is 0 Å². The third-order valence-corrected chi connectivity index (χ3v) is 2.03. The summed E-state index contributed by atoms with van der Waals surface area (Å²) in [5, 5.41) is 0. The zero-order chi connectivity index (χ0) is 6.10. The Morgan fingerprint density at radius 2 is 2.33 bits per heavy atom. The third kappa shape index (κ3) is 0.956. The van der Waals surface area contributed by atoms with Crippen LogP contribution in [0.15, 0.2) is 0 Å². The standard InChI is InChI=1S/C6H11NO2/c1-2-8-4-6-5(1)3-9-7-6/h5-7H,1-4H2. The molecule has 2 aliphatic rings. The lowest BCUT2D eigenvalue weighted by Crippen LogP contribution is -2.36. The average Bonchev–Trinajstić information content (AvgIpc) is 2.33. The summed E-state index contributed by atoms with van der Waals surface area (Å²) >= 11 is 0. The summed E-state index contributed by atoms with van der Waals surface area (Å²) in [7, 11) is 0. The predicted octanol–water partition coefficient (Wildman–Crippen LogP) is -0.0737. The van der Waals surface area contributed by atoms with Gasteiger partial charge in [-0.1, -0.05) is 0 Å². The summed E-state index contributed by atoms with van der Waals surface area (Å²) in [5.74, 6) is 0.707. The summed E-state index contributed by atoms with van der Waals surface area (Å²) in [6.45, 7) is 2.60. The summed E-state index contributed by atoms with van der Waals surface area (Å²) in [4.78, 5) is 5.06. The maximum absolute atomic E-state index is 5.24. The Hall–Kier alpha value is -0.120. The second kappa shape index (κ2) is 2.25. The molecule has 2 rings (SSSR count). The van der Waals surface area contributed by atoms with Gasteiger partial charge in [0.2, 0.25) is 0 Å². The van der Waals surface area contributed by atoms with Crippen LogP contribution in [0.4, 0.5) is 0 Å². The zero-order valence-electron chi connectivity index (χ0n) is 5.30. The van der Waals surface area contributed by atoms with Gasteiger partial charge in [-0.15, -0.1) is 0 Å². The van der Waals surface area contributed by atoms with Crippen LogP contribution < -0.4 is 5.48 Å². The molecule has 3 nitrogen and oxygen atoms in total. The average molecular weight is 129 g/mol. The number of ether oxygens (including phenoxy) is 1. The molecule has 0 amide bonds. The van der Waals surface area contributed by atoms with Gasteiger partial charge < -0.3 is 9.57 Å². The highest BCUT2D eigenvalue weighted by Gasteiger charge is 2.30. The monoisotopic (exact) mass is 129 g/mol. The third-order valence-electron chi connectivity index (χ3n) is 2.03. The van der Waals surface area contributed by atoms with Crippen LogP contribution in [0.1, 0.15) is 6.42 Å². The van der Waals surface area contributed by atoms with Crippen LogP contribution in [0.3, 0.4) is 0 Å². The first kappa shape index (κ1) is 5.65. The first-order chi connectivity index (χ1) is 4.47. The topological polar surface area (TPSA) is 30.5 Å². The van der Waals surface area contributed by atoms with Gasteiger partial charge >= 0.3 is 0 Å². The zero-order valence-corrected chi connectivity index (χ0v) is 5.30. The fraction of sp³-hybridized carbons (Fsp3) is 1.00. The minimum atomic E-state index is 0.471. The Morgan fingerprint density at radius 3 is 3.22 bits per heavy atom. The van der Waals surface area contributed by atoms with Crippen molar-refractivity contribution in [3.8, 4) is 0 Å². The Morgan fingerprint density at radius 1 is 1.33 bits per heavy atom. The van der Waals surface area contributed by atoms with E-state index in [1.54, 1.807) is 0 Å². The van der Waals surface area contributed by atoms with Gasteiger partial charge in [0, 0.05) is 12.5 Å². The summed E-state index contributed by atoms with van der Waals surface area (Å²) in [5.41, 5.74) is 2.93. The molecule has 2 aliphatic heterocycles. The van der Waals surface area contributed by atoms with Crippen molar-refractivity contribution in [3.05, 3.63) is 0 Å². The molecule has 0 aromatic heterocycles. The van der Waals surface area contributed by atoms with Crippen LogP contribution in [0, 0.1) is 5.92 Å². The molecule has 2 fully saturated rings. The Bertz CT molecular complexity index is 95.2. The van der Waals surface area contributed by atoms with Gasteiger partial charge in [-0.05, 0) is 6.42 Å². The molecule has 2 saturated heterocycles. The molecule has 0 aromatic rings. The van der Waals surface area contributed by atoms with Crippen molar-refractivity contribution in [2.24, 2.45) is 5.92 Å². The van der Waals surface area contributed by atoms with E-state index in [-0.39, 0.29) is 0 Å². The quantitative estimate of drug-likeness (QED) is 0.496. The number of hydroxylamine groups is 1. The van der Waals surface area contributed by atoms with Crippen molar-refractivity contribution < 1.29 is 9.57 Å². The lowest BCUT2D eigenvalue weighted by molar-refractivity contribution is 0.0397. The molecule has 2 heterocycles. The van der Waals surface area contributed by atoms with Crippen molar-refractivity contribution in [2.75, 3.05) is 19.8 Å². The first-order valence-electron chi connectivity index (χ1n) is 3.42. The number of rotatable bonds is 0. The van der Waals surface area contributed by atoms with E-state index in [1.807, 2.05) is 0 Å². The highest BCUT2D eigenvalue weighted by atomic mass is 16.7. The van der Waals surface area contributed by atoms with Crippen molar-refractivity contribution in [1.29, 1.82) is 0 Å². The maximum atomic E-state index is 5.24. The molecule has 2 unspecified atom stereocenters. The van der Waals surface area contributed by atoms with Gasteiger partial charge in [-0.2, -0.15) is 5.48 Å². The van der Waals surface area contributed by atoms with Crippen LogP contribution in [0.25, 0.3) is 0 Å². The lowest BCUT2D eigenvalue weighted by Gasteiger charge is -2.22. The van der Waals surface area contributed by atoms with Gasteiger partial charge in [0.15, 0.2) is 0 Å². The van der Waals surface area contributed by atoms with Gasteiger partial charge in [0.05, 0.1) is 19.3 Å². The maximum Gasteiger partial charge on any atom is 0.0727 e. The molecule has 52 valence electrons. The highest BCUT2D eigenvalue weighted by Crippen LogP contribution is 2.19. The lowest BCUT2D eigenvalue weighted by atomic mass is 9.98. The van der Waals surface area contributed by atoms with Crippen LogP contribution in [0.5, 0.6) is 0 Å². The van der Waals surface area contributed by atoms with E-state index in [9.17, 15) is 0 Å². The van der Waals surface area contributed by atoms with E-state index in [2.05, 4.69) is 5.48 Å². The molecule has 0 bridgehead atoms. The minimum Gasteiger partial charge on any atom is -0.380 e. The molecule has 1 N–H and O–H groups in total. The minimum absolute atomic E-state index is 0.471. The molecule has 0 aliphatic carbocycles. The SMILES string of the molecule is C1CC2CONC2CO1. The van der Waals surface area contributed by atoms with Gasteiger partial charge in [0.25, 0.3) is 0 Å². The molecule has 9 heavy (non-hydrogen) atoms. The van der Waals surface area contributed by atoms with E-state index in [0.717, 1.165) is 26.2 Å². The van der Waals surface area contributed by atoms with Crippen molar-refractivity contribution in [1.82, 2.24) is 5.48 Å². The number of nitrogens with one attached hydrogen (secondary N) is 1. The second-order valence-corrected chi connectivity index (χ2v) is 2.66. The van der Waals surface area contributed by atoms with E-state index in [1.165, 1.54) is 0 Å². The van der Waals surface area contributed by atoms with Gasteiger partial charge in [-0.3, -0.25) is 0 Å². The second-order valence-electron chi connectivity index (χ2n) is 2.66. The fourth-order valence-corrected chi connectivity index (χ4v) is 1.37. The number of hydrogen-bond donors (Lipinski definition) is 1. The molecule has 3 heteroatoms. The molecule has 2 atom stereocenters. The normalized spacial score (nSPS) is 42.7. The molecular formula is C6H11NO2. The molecule has 0 spiro atoms. The van der Waals surface area contributed by atoms with Crippen LogP contribution in [-0.2, 0) is 9.57 Å². The summed E-state index contributed by atoms with van der Waals surface area (Å²) in [6.07, 6.45) is 1.15. The van der Waals surface area contributed by atoms with E-state index in [0.29, 0.717) is 12.0 Å².